The molecule has 2 heterocycles. The molecule has 0 N–H and O–H groups in total. The molecule has 2 aromatic rings. The van der Waals surface area contributed by atoms with Crippen LogP contribution in [0.4, 0.5) is 0 Å². The van der Waals surface area contributed by atoms with Gasteiger partial charge in [-0.05, 0) is 0 Å². The van der Waals surface area contributed by atoms with Gasteiger partial charge in [-0.2, -0.15) is 4.98 Å². The van der Waals surface area contributed by atoms with Crippen LogP contribution in [0.1, 0.15) is 0 Å². The summed E-state index contributed by atoms with van der Waals surface area (Å²) in [6.45, 7) is -0.233. The molecule has 2 aromatic heterocycles. The molecule has 0 bridgehead atoms. The molecule has 0 saturated carbocycles. The number of carbonyl (C=O) groups excluding carboxylic acids is 1. The van der Waals surface area contributed by atoms with Crippen LogP contribution >= 0.6 is 0 Å². The number of hydrogen-bond acceptors (Lipinski definition) is 6. The molecule has 0 fully saturated rings. The van der Waals surface area contributed by atoms with Crippen molar-refractivity contribution in [2.24, 2.45) is 14.1 Å². The molecule has 0 aromatic carbocycles. The van der Waals surface area contributed by atoms with Crippen LogP contribution in [0.5, 0.6) is 6.01 Å². The van der Waals surface area contributed by atoms with E-state index in [4.69, 9.17) is 4.74 Å². The second-order valence-corrected chi connectivity index (χ2v) is 4.14. The van der Waals surface area contributed by atoms with Crippen LogP contribution in [0, 0.1) is 0 Å². The summed E-state index contributed by atoms with van der Waals surface area (Å²) < 4.78 is 13.1. The molecule has 0 aliphatic carbocycles. The van der Waals surface area contributed by atoms with Crippen LogP contribution in [-0.2, 0) is 30.2 Å². The number of fused-ring (bicyclic) bond motifs is 1. The smallest absolute Gasteiger partial charge is 0.332 e. The van der Waals surface area contributed by atoms with E-state index in [1.807, 2.05) is 0 Å². The number of hydrogen-bond donors (Lipinski definition) is 0. The van der Waals surface area contributed by atoms with Crippen LogP contribution in [0.3, 0.4) is 0 Å². The summed E-state index contributed by atoms with van der Waals surface area (Å²) in [5, 5.41) is 0. The van der Waals surface area contributed by atoms with Crippen molar-refractivity contribution >= 4 is 17.1 Å². The molecule has 9 nitrogen and oxygen atoms in total. The summed E-state index contributed by atoms with van der Waals surface area (Å²) in [7, 11) is 5.43. The van der Waals surface area contributed by atoms with Crippen molar-refractivity contribution in [2.45, 2.75) is 6.54 Å². The Morgan fingerprint density at radius 2 is 1.85 bits per heavy atom. The van der Waals surface area contributed by atoms with Crippen LogP contribution in [0.25, 0.3) is 11.2 Å². The second-order valence-electron chi connectivity index (χ2n) is 4.14. The van der Waals surface area contributed by atoms with Crippen molar-refractivity contribution in [3.8, 4) is 6.01 Å². The highest BCUT2D eigenvalue weighted by atomic mass is 16.5. The fourth-order valence-corrected chi connectivity index (χ4v) is 1.92. The molecule has 0 atom stereocenters. The van der Waals surface area contributed by atoms with E-state index in [-0.39, 0.29) is 23.7 Å². The Morgan fingerprint density at radius 3 is 2.40 bits per heavy atom. The van der Waals surface area contributed by atoms with Crippen molar-refractivity contribution in [1.82, 2.24) is 18.7 Å². The van der Waals surface area contributed by atoms with Gasteiger partial charge in [0.15, 0.2) is 11.2 Å². The fraction of sp³-hybridized carbons (Fsp3) is 0.455. The maximum Gasteiger partial charge on any atom is 0.332 e. The van der Waals surface area contributed by atoms with Crippen molar-refractivity contribution in [3.63, 3.8) is 0 Å². The van der Waals surface area contributed by atoms with E-state index < -0.39 is 17.2 Å². The monoisotopic (exact) mass is 282 g/mol. The van der Waals surface area contributed by atoms with Gasteiger partial charge in [-0.1, -0.05) is 0 Å². The summed E-state index contributed by atoms with van der Waals surface area (Å²) in [6.07, 6.45) is 0. The molecule has 0 aliphatic heterocycles. The Labute approximate surface area is 113 Å². The lowest BCUT2D eigenvalue weighted by Gasteiger charge is -2.06. The normalized spacial score (nSPS) is 10.8. The highest BCUT2D eigenvalue weighted by molar-refractivity contribution is 5.76. The standard InChI is InChI=1S/C11H14N4O5/c1-13-8-7(9(17)14(2)11(13)18)15(5-6(16)19-3)10(12-8)20-4/h5H2,1-4H3. The lowest BCUT2D eigenvalue weighted by atomic mass is 10.5. The second kappa shape index (κ2) is 4.83. The number of imidazole rings is 1. The van der Waals surface area contributed by atoms with E-state index in [1.54, 1.807) is 0 Å². The van der Waals surface area contributed by atoms with Gasteiger partial charge in [0, 0.05) is 14.1 Å². The van der Waals surface area contributed by atoms with Crippen molar-refractivity contribution < 1.29 is 14.3 Å². The number of aryl methyl sites for hydroxylation is 1. The average Bonchev–Trinajstić information content (AvgIpc) is 2.81. The first kappa shape index (κ1) is 13.8. The summed E-state index contributed by atoms with van der Waals surface area (Å²) in [4.78, 5) is 39.5. The van der Waals surface area contributed by atoms with Crippen LogP contribution in [0.2, 0.25) is 0 Å². The molecule has 0 aliphatic rings. The summed E-state index contributed by atoms with van der Waals surface area (Å²) in [6, 6.07) is 0.0590. The zero-order valence-electron chi connectivity index (χ0n) is 11.5. The SMILES string of the molecule is COC(=O)Cn1c(OC)nc2c1c(=O)n(C)c(=O)n2C. The van der Waals surface area contributed by atoms with Gasteiger partial charge in [0.05, 0.1) is 14.2 Å². The van der Waals surface area contributed by atoms with Gasteiger partial charge in [0.1, 0.15) is 6.54 Å². The Hall–Kier alpha value is -2.58. The first-order valence-corrected chi connectivity index (χ1v) is 5.69. The van der Waals surface area contributed by atoms with E-state index in [0.29, 0.717) is 0 Å². The number of aromatic nitrogens is 4. The third kappa shape index (κ3) is 1.87. The number of esters is 1. The van der Waals surface area contributed by atoms with Gasteiger partial charge in [-0.3, -0.25) is 23.3 Å². The molecule has 2 rings (SSSR count). The van der Waals surface area contributed by atoms with Gasteiger partial charge in [-0.15, -0.1) is 0 Å². The molecule has 0 spiro atoms. The summed E-state index contributed by atoms with van der Waals surface area (Å²) in [5.74, 6) is -0.557. The lowest BCUT2D eigenvalue weighted by Crippen LogP contribution is -2.37. The summed E-state index contributed by atoms with van der Waals surface area (Å²) >= 11 is 0. The number of rotatable bonds is 3. The highest BCUT2D eigenvalue weighted by Crippen LogP contribution is 2.16. The zero-order chi connectivity index (χ0) is 15.0. The molecule has 0 radical (unpaired) electrons. The predicted octanol–water partition coefficient (Wildman–Crippen LogP) is -1.38. The van der Waals surface area contributed by atoms with E-state index >= 15 is 0 Å². The first-order valence-electron chi connectivity index (χ1n) is 5.69. The molecular formula is C11H14N4O5. The largest absolute Gasteiger partial charge is 0.468 e. The van der Waals surface area contributed by atoms with Crippen LogP contribution < -0.4 is 16.0 Å². The molecule has 0 amide bonds. The van der Waals surface area contributed by atoms with Crippen molar-refractivity contribution in [3.05, 3.63) is 20.8 Å². The Balaban J connectivity index is 2.89. The first-order chi connectivity index (χ1) is 9.42. The minimum atomic E-state index is -0.557. The number of nitrogens with zero attached hydrogens (tertiary/aromatic N) is 4. The maximum atomic E-state index is 12.2. The molecular weight excluding hydrogens is 268 g/mol. The Bertz CT molecular complexity index is 798. The third-order valence-corrected chi connectivity index (χ3v) is 3.01. The quantitative estimate of drug-likeness (QED) is 0.643. The van der Waals surface area contributed by atoms with E-state index in [9.17, 15) is 14.4 Å². The van der Waals surface area contributed by atoms with Gasteiger partial charge in [-0.25, -0.2) is 4.79 Å². The van der Waals surface area contributed by atoms with Gasteiger partial charge < -0.3 is 9.47 Å². The van der Waals surface area contributed by atoms with E-state index in [0.717, 1.165) is 4.57 Å². The number of carbonyl (C=O) groups is 1. The molecule has 0 saturated heterocycles. The van der Waals surface area contributed by atoms with Crippen molar-refractivity contribution in [2.75, 3.05) is 14.2 Å². The van der Waals surface area contributed by atoms with E-state index in [2.05, 4.69) is 9.72 Å². The predicted molar refractivity (Wildman–Crippen MR) is 68.8 cm³/mol. The molecule has 20 heavy (non-hydrogen) atoms. The topological polar surface area (TPSA) is 97.3 Å². The van der Waals surface area contributed by atoms with Crippen LogP contribution in [0.15, 0.2) is 9.59 Å². The van der Waals surface area contributed by atoms with Gasteiger partial charge in [0.2, 0.25) is 0 Å². The lowest BCUT2D eigenvalue weighted by molar-refractivity contribution is -0.141. The zero-order valence-corrected chi connectivity index (χ0v) is 11.5. The highest BCUT2D eigenvalue weighted by Gasteiger charge is 2.21. The Morgan fingerprint density at radius 1 is 1.20 bits per heavy atom. The minimum absolute atomic E-state index is 0.0590. The number of ether oxygens (including phenoxy) is 2. The van der Waals surface area contributed by atoms with E-state index in [1.165, 1.54) is 37.4 Å². The number of methoxy groups -OCH3 is 2. The maximum absolute atomic E-state index is 12.2. The van der Waals surface area contributed by atoms with Gasteiger partial charge in [0.25, 0.3) is 11.6 Å². The van der Waals surface area contributed by atoms with Gasteiger partial charge >= 0.3 is 11.7 Å². The average molecular weight is 282 g/mol. The minimum Gasteiger partial charge on any atom is -0.468 e. The summed E-state index contributed by atoms with van der Waals surface area (Å²) in [5.41, 5.74) is -0.800. The molecule has 108 valence electrons. The molecule has 9 heteroatoms. The molecule has 0 unspecified atom stereocenters. The van der Waals surface area contributed by atoms with Crippen LogP contribution in [-0.4, -0.2) is 38.9 Å². The fourth-order valence-electron chi connectivity index (χ4n) is 1.92. The third-order valence-electron chi connectivity index (χ3n) is 3.01. The Kier molecular flexibility index (Phi) is 3.35. The van der Waals surface area contributed by atoms with Crippen molar-refractivity contribution in [1.29, 1.82) is 0 Å².